The van der Waals surface area contributed by atoms with Crippen LogP contribution < -0.4 is 0 Å². The third kappa shape index (κ3) is 4.04. The van der Waals surface area contributed by atoms with Crippen molar-refractivity contribution in [2.45, 2.75) is 0 Å². The lowest BCUT2D eigenvalue weighted by molar-refractivity contribution is -0.384. The van der Waals surface area contributed by atoms with Crippen molar-refractivity contribution in [2.24, 2.45) is 4.99 Å². The van der Waals surface area contributed by atoms with Gasteiger partial charge in [-0.15, -0.1) is 0 Å². The first kappa shape index (κ1) is 21.8. The van der Waals surface area contributed by atoms with Crippen LogP contribution in [0.1, 0.15) is 5.56 Å². The molecule has 5 aromatic carbocycles. The molecule has 1 heterocycles. The third-order valence-electron chi connectivity index (χ3n) is 6.12. The number of benzene rings is 5. The number of non-ortho nitro benzene ring substituents is 1. The summed E-state index contributed by atoms with van der Waals surface area (Å²) >= 11 is 1.47. The average molecular weight is 486 g/mol. The summed E-state index contributed by atoms with van der Waals surface area (Å²) < 4.78 is 0. The Bertz CT molecular complexity index is 1700. The number of aromatic nitrogens is 1. The molecule has 0 fully saturated rings. The fourth-order valence-corrected chi connectivity index (χ4v) is 5.33. The molecule has 0 radical (unpaired) electrons. The molecule has 6 aromatic rings. The van der Waals surface area contributed by atoms with E-state index in [0.717, 1.165) is 48.8 Å². The smallest absolute Gasteiger partial charge is 0.258 e. The molecule has 0 aliphatic rings. The lowest BCUT2D eigenvalue weighted by atomic mass is 9.97. The molecule has 0 atom stereocenters. The second-order valence-electron chi connectivity index (χ2n) is 8.33. The predicted molar refractivity (Wildman–Crippen MR) is 148 cm³/mol. The highest BCUT2D eigenvalue weighted by atomic mass is 32.1. The van der Waals surface area contributed by atoms with Crippen LogP contribution in [-0.4, -0.2) is 16.1 Å². The van der Waals surface area contributed by atoms with Gasteiger partial charge in [0.2, 0.25) is 5.13 Å². The molecule has 0 N–H and O–H groups in total. The van der Waals surface area contributed by atoms with Crippen LogP contribution in [0.5, 0.6) is 0 Å². The number of aliphatic imine (C=N–C) groups is 1. The van der Waals surface area contributed by atoms with Gasteiger partial charge in [-0.1, -0.05) is 90.2 Å². The lowest BCUT2D eigenvalue weighted by Gasteiger charge is -2.07. The summed E-state index contributed by atoms with van der Waals surface area (Å²) in [7, 11) is 0. The minimum atomic E-state index is -0.390. The molecule has 6 rings (SSSR count). The zero-order chi connectivity index (χ0) is 24.5. The predicted octanol–water partition coefficient (Wildman–Crippen LogP) is 8.44. The van der Waals surface area contributed by atoms with E-state index in [2.05, 4.69) is 30.3 Å². The number of rotatable bonds is 5. The maximum absolute atomic E-state index is 11.1. The molecule has 5 nitrogen and oxygen atoms in total. The molecule has 0 amide bonds. The molecule has 1 aromatic heterocycles. The molecule has 0 spiro atoms. The fraction of sp³-hybridized carbons (Fsp3) is 0. The van der Waals surface area contributed by atoms with Gasteiger partial charge in [-0.2, -0.15) is 0 Å². The van der Waals surface area contributed by atoms with Crippen molar-refractivity contribution in [3.8, 4) is 21.7 Å². The van der Waals surface area contributed by atoms with Gasteiger partial charge in [0.1, 0.15) is 0 Å². The molecule has 0 aliphatic heterocycles. The van der Waals surface area contributed by atoms with Crippen molar-refractivity contribution in [1.29, 1.82) is 0 Å². The maximum Gasteiger partial charge on any atom is 0.269 e. The largest absolute Gasteiger partial charge is 0.269 e. The highest BCUT2D eigenvalue weighted by Crippen LogP contribution is 2.40. The first-order valence-corrected chi connectivity index (χ1v) is 12.2. The molecule has 0 saturated heterocycles. The van der Waals surface area contributed by atoms with Gasteiger partial charge in [0.25, 0.3) is 5.69 Å². The third-order valence-corrected chi connectivity index (χ3v) is 7.13. The Kier molecular flexibility index (Phi) is 5.56. The average Bonchev–Trinajstić information content (AvgIpc) is 3.36. The van der Waals surface area contributed by atoms with Gasteiger partial charge in [-0.05, 0) is 45.3 Å². The Labute approximate surface area is 211 Å². The van der Waals surface area contributed by atoms with Crippen LogP contribution in [-0.2, 0) is 0 Å². The van der Waals surface area contributed by atoms with Crippen molar-refractivity contribution in [3.63, 3.8) is 0 Å². The molecule has 172 valence electrons. The van der Waals surface area contributed by atoms with E-state index in [1.807, 2.05) is 60.8 Å². The Morgan fingerprint density at radius 2 is 1.36 bits per heavy atom. The molecule has 6 heteroatoms. The molecule has 0 bridgehead atoms. The fourth-order valence-electron chi connectivity index (χ4n) is 4.39. The normalized spacial score (nSPS) is 11.4. The van der Waals surface area contributed by atoms with E-state index < -0.39 is 4.92 Å². The van der Waals surface area contributed by atoms with Gasteiger partial charge in [0, 0.05) is 29.5 Å². The molecule has 0 saturated carbocycles. The van der Waals surface area contributed by atoms with Crippen LogP contribution >= 0.6 is 11.3 Å². The van der Waals surface area contributed by atoms with E-state index in [9.17, 15) is 10.1 Å². The van der Waals surface area contributed by atoms with E-state index in [4.69, 9.17) is 9.98 Å². The van der Waals surface area contributed by atoms with E-state index in [1.54, 1.807) is 12.1 Å². The molecule has 0 unspecified atom stereocenters. The van der Waals surface area contributed by atoms with Gasteiger partial charge in [0.15, 0.2) is 0 Å². The number of hydrogen-bond donors (Lipinski definition) is 0. The Hall–Kier alpha value is -4.68. The zero-order valence-corrected chi connectivity index (χ0v) is 19.9. The second kappa shape index (κ2) is 9.17. The van der Waals surface area contributed by atoms with Crippen molar-refractivity contribution < 1.29 is 4.92 Å². The quantitative estimate of drug-likeness (QED) is 0.106. The van der Waals surface area contributed by atoms with Crippen LogP contribution in [0.25, 0.3) is 43.2 Å². The first-order chi connectivity index (χ1) is 17.7. The summed E-state index contributed by atoms with van der Waals surface area (Å²) in [6.07, 6.45) is 1.90. The Morgan fingerprint density at radius 1 is 0.750 bits per heavy atom. The Morgan fingerprint density at radius 3 is 2.00 bits per heavy atom. The number of hydrogen-bond acceptors (Lipinski definition) is 5. The van der Waals surface area contributed by atoms with Crippen molar-refractivity contribution in [1.82, 2.24) is 4.98 Å². The number of nitrogens with zero attached hydrogens (tertiary/aromatic N) is 3. The highest BCUT2D eigenvalue weighted by molar-refractivity contribution is 7.19. The summed E-state index contributed by atoms with van der Waals surface area (Å²) in [6, 6.07) is 35.3. The van der Waals surface area contributed by atoms with Crippen molar-refractivity contribution in [2.75, 3.05) is 0 Å². The van der Waals surface area contributed by atoms with E-state index in [0.29, 0.717) is 5.13 Å². The lowest BCUT2D eigenvalue weighted by Crippen LogP contribution is -1.88. The van der Waals surface area contributed by atoms with Crippen molar-refractivity contribution >= 4 is 49.9 Å². The number of nitro benzene ring substituents is 1. The van der Waals surface area contributed by atoms with Gasteiger partial charge < -0.3 is 0 Å². The molecule has 0 aliphatic carbocycles. The summed E-state index contributed by atoms with van der Waals surface area (Å²) in [4.78, 5) is 21.4. The maximum atomic E-state index is 11.1. The minimum Gasteiger partial charge on any atom is -0.258 e. The highest BCUT2D eigenvalue weighted by Gasteiger charge is 2.16. The van der Waals surface area contributed by atoms with Crippen LogP contribution in [0, 0.1) is 10.1 Å². The summed E-state index contributed by atoms with van der Waals surface area (Å²) in [5.41, 5.74) is 3.76. The summed E-state index contributed by atoms with van der Waals surface area (Å²) in [6.45, 7) is 0. The van der Waals surface area contributed by atoms with E-state index >= 15 is 0 Å². The topological polar surface area (TPSA) is 68.4 Å². The van der Waals surface area contributed by atoms with Gasteiger partial charge in [0.05, 0.1) is 15.5 Å². The van der Waals surface area contributed by atoms with Crippen molar-refractivity contribution in [3.05, 3.63) is 125 Å². The zero-order valence-electron chi connectivity index (χ0n) is 19.0. The standard InChI is InChI=1S/C30H19N3O2S/c34-33(35)24-16-14-21(15-17-24)29-28(20-8-2-1-3-9-20)32-30(36-29)31-19-27-25-12-6-4-10-22(25)18-23-11-5-7-13-26(23)27/h1-19H. The molecule has 36 heavy (non-hydrogen) atoms. The molecular weight excluding hydrogens is 466 g/mol. The van der Waals surface area contributed by atoms with Gasteiger partial charge >= 0.3 is 0 Å². The number of fused-ring (bicyclic) bond motifs is 2. The number of thiazole rings is 1. The van der Waals surface area contributed by atoms with E-state index in [-0.39, 0.29) is 5.69 Å². The SMILES string of the molecule is O=[N+]([O-])c1ccc(-c2sc(N=Cc3c4ccccc4cc4ccccc34)nc2-c2ccccc2)cc1. The van der Waals surface area contributed by atoms with Crippen LogP contribution in [0.2, 0.25) is 0 Å². The van der Waals surface area contributed by atoms with Gasteiger partial charge in [-0.25, -0.2) is 9.98 Å². The summed E-state index contributed by atoms with van der Waals surface area (Å²) in [5.74, 6) is 0. The van der Waals surface area contributed by atoms with Crippen LogP contribution in [0.15, 0.2) is 114 Å². The molecular formula is C30H19N3O2S. The minimum absolute atomic E-state index is 0.0607. The van der Waals surface area contributed by atoms with Gasteiger partial charge in [-0.3, -0.25) is 10.1 Å². The van der Waals surface area contributed by atoms with Crippen LogP contribution in [0.4, 0.5) is 10.8 Å². The van der Waals surface area contributed by atoms with Crippen LogP contribution in [0.3, 0.4) is 0 Å². The second-order valence-corrected chi connectivity index (χ2v) is 9.31. The van der Waals surface area contributed by atoms with E-state index in [1.165, 1.54) is 23.5 Å². The monoisotopic (exact) mass is 485 g/mol. The summed E-state index contributed by atoms with van der Waals surface area (Å²) in [5, 5.41) is 16.3. The number of nitro groups is 1. The Balaban J connectivity index is 1.49. The first-order valence-electron chi connectivity index (χ1n) is 11.4.